The second-order valence-electron chi connectivity index (χ2n) is 15.4. The third-order valence-electron chi connectivity index (χ3n) is 14.2. The Morgan fingerprint density at radius 3 is 2.38 bits per heavy atom. The number of likely N-dealkylation sites (tertiary alicyclic amines) is 1. The second-order valence-corrected chi connectivity index (χ2v) is 15.4. The van der Waals surface area contributed by atoms with Crippen molar-refractivity contribution in [3.05, 3.63) is 29.8 Å². The van der Waals surface area contributed by atoms with Crippen LogP contribution < -0.4 is 4.90 Å². The van der Waals surface area contributed by atoms with Crippen LogP contribution in [0.4, 0.5) is 5.69 Å². The molecule has 2 aliphatic heterocycles. The number of esters is 1. The number of methoxy groups -OCH3 is 4. The fraction of sp³-hybridized carbons (Fsp3) is 0.750. The van der Waals surface area contributed by atoms with Gasteiger partial charge in [-0.25, -0.2) is 9.69 Å². The molecule has 2 N–H and O–H groups in total. The van der Waals surface area contributed by atoms with E-state index in [0.29, 0.717) is 25.9 Å². The van der Waals surface area contributed by atoms with Crippen LogP contribution >= 0.6 is 0 Å². The number of amides is 2. The van der Waals surface area contributed by atoms with Gasteiger partial charge in [-0.05, 0) is 43.9 Å². The molecule has 8 rings (SSSR count). The Morgan fingerprint density at radius 2 is 1.73 bits per heavy atom. The SMILES string of the molecule is CCN1C[C@]2(COC(=O)c3ccccc3N3C(=O)CCC3=O)CC[C@H](OC)[C@]34C5C[C@@H]6[C@@H](OC)C[C@@](O)(C5[C@H]6OC)[C@@](O)(C13)[C@@H](OC)[C@H]24. The van der Waals surface area contributed by atoms with Gasteiger partial charge in [0.15, 0.2) is 0 Å². The molecule has 2 heterocycles. The molecule has 0 aromatic heterocycles. The van der Waals surface area contributed by atoms with Crippen molar-refractivity contribution in [2.75, 3.05) is 53.0 Å². The van der Waals surface area contributed by atoms with Gasteiger partial charge in [-0.2, -0.15) is 0 Å². The van der Waals surface area contributed by atoms with Crippen LogP contribution in [0.15, 0.2) is 24.3 Å². The molecule has 48 heavy (non-hydrogen) atoms. The van der Waals surface area contributed by atoms with Gasteiger partial charge in [-0.15, -0.1) is 0 Å². The lowest BCUT2D eigenvalue weighted by molar-refractivity contribution is -0.320. The fourth-order valence-corrected chi connectivity index (χ4v) is 13.0. The Morgan fingerprint density at radius 1 is 1.00 bits per heavy atom. The van der Waals surface area contributed by atoms with E-state index in [1.807, 2.05) is 0 Å². The number of aliphatic hydroxyl groups is 2. The van der Waals surface area contributed by atoms with Crippen LogP contribution in [-0.4, -0.2) is 123 Å². The highest BCUT2D eigenvalue weighted by molar-refractivity contribution is 6.21. The number of nitrogens with zero attached hydrogens (tertiary/aromatic N) is 2. The number of ether oxygens (including phenoxy) is 5. The molecular weight excluding hydrogens is 620 g/mol. The van der Waals surface area contributed by atoms with Crippen LogP contribution in [0.5, 0.6) is 0 Å². The molecular formula is C36H48N2O10. The second kappa shape index (κ2) is 11.0. The van der Waals surface area contributed by atoms with Crippen LogP contribution in [0.3, 0.4) is 0 Å². The van der Waals surface area contributed by atoms with E-state index in [1.165, 1.54) is 0 Å². The molecule has 3 unspecified atom stereocenters. The maximum absolute atomic E-state index is 14.0. The maximum atomic E-state index is 14.0. The third-order valence-corrected chi connectivity index (χ3v) is 14.2. The summed E-state index contributed by atoms with van der Waals surface area (Å²) < 4.78 is 31.3. The first-order valence-corrected chi connectivity index (χ1v) is 17.5. The van der Waals surface area contributed by atoms with Crippen molar-refractivity contribution in [1.82, 2.24) is 4.90 Å². The van der Waals surface area contributed by atoms with Crippen molar-refractivity contribution in [1.29, 1.82) is 0 Å². The molecule has 12 heteroatoms. The lowest BCUT2D eigenvalue weighted by Crippen LogP contribution is -2.82. The number of imide groups is 1. The molecule has 1 aromatic rings. The number of hydrogen-bond acceptors (Lipinski definition) is 11. The quantitative estimate of drug-likeness (QED) is 0.294. The highest BCUT2D eigenvalue weighted by atomic mass is 16.5. The highest BCUT2D eigenvalue weighted by Gasteiger charge is 2.91. The number of piperidine rings is 1. The molecule has 2 saturated heterocycles. The van der Waals surface area contributed by atoms with Crippen molar-refractivity contribution in [3.63, 3.8) is 0 Å². The summed E-state index contributed by atoms with van der Waals surface area (Å²) in [5.74, 6) is -2.00. The molecule has 2 amide bonds. The first kappa shape index (κ1) is 32.7. The van der Waals surface area contributed by atoms with Gasteiger partial charge in [-0.3, -0.25) is 14.5 Å². The minimum absolute atomic E-state index is 0.0394. The highest BCUT2D eigenvalue weighted by Crippen LogP contribution is 2.80. The molecule has 7 bridgehead atoms. The topological polar surface area (TPSA) is 144 Å². The molecule has 1 aromatic carbocycles. The van der Waals surface area contributed by atoms with Gasteiger partial charge in [-0.1, -0.05) is 19.1 Å². The predicted molar refractivity (Wildman–Crippen MR) is 170 cm³/mol. The summed E-state index contributed by atoms with van der Waals surface area (Å²) in [4.78, 5) is 42.6. The van der Waals surface area contributed by atoms with Crippen molar-refractivity contribution >= 4 is 23.5 Å². The van der Waals surface area contributed by atoms with Gasteiger partial charge in [0.2, 0.25) is 11.8 Å². The van der Waals surface area contributed by atoms with Crippen LogP contribution in [0, 0.1) is 34.5 Å². The standard InChI is InChI=1S/C36H48N2O10/c1-6-37-17-33(18-48-31(41)19-9-7-8-10-22(19)38-25(39)11-12-26(38)40)14-13-24(45-3)35-21-15-20-23(44-2)16-34(42,27(21)28(20)46-4)36(43,32(35)37)30(47-5)29(33)35/h7-10,20-21,23-24,27-30,32,42-43H,6,11-18H2,1-5H3/t20-,21?,23+,24+,27?,28+,29-,30+,32?,33+,34-,35+,36+/m1/s1. The van der Waals surface area contributed by atoms with Crippen molar-refractivity contribution < 1.29 is 48.3 Å². The Labute approximate surface area is 280 Å². The molecule has 5 aliphatic carbocycles. The van der Waals surface area contributed by atoms with E-state index in [1.54, 1.807) is 52.7 Å². The number of para-hydroxylation sites is 1. The van der Waals surface area contributed by atoms with E-state index in [9.17, 15) is 24.6 Å². The number of carbonyl (C=O) groups excluding carboxylic acids is 3. The Hall–Kier alpha value is -2.45. The van der Waals surface area contributed by atoms with Crippen molar-refractivity contribution in [2.24, 2.45) is 34.5 Å². The van der Waals surface area contributed by atoms with E-state index in [4.69, 9.17) is 23.7 Å². The Balaban J connectivity index is 1.24. The number of carbonyl (C=O) groups is 3. The number of likely N-dealkylation sites (N-methyl/N-ethyl adjacent to an activating group) is 1. The smallest absolute Gasteiger partial charge is 0.340 e. The van der Waals surface area contributed by atoms with Gasteiger partial charge in [0, 0.05) is 82.8 Å². The summed E-state index contributed by atoms with van der Waals surface area (Å²) in [5.41, 5.74) is -4.15. The molecule has 12 nitrogen and oxygen atoms in total. The molecule has 7 fully saturated rings. The largest absolute Gasteiger partial charge is 0.461 e. The monoisotopic (exact) mass is 668 g/mol. The average molecular weight is 669 g/mol. The summed E-state index contributed by atoms with van der Waals surface area (Å²) in [7, 11) is 6.70. The lowest BCUT2D eigenvalue weighted by Gasteiger charge is -2.70. The first-order chi connectivity index (χ1) is 23.0. The number of benzene rings is 1. The average Bonchev–Trinajstić information content (AvgIpc) is 3.66. The van der Waals surface area contributed by atoms with Crippen LogP contribution in [0.2, 0.25) is 0 Å². The van der Waals surface area contributed by atoms with Crippen LogP contribution in [-0.2, 0) is 33.3 Å². The maximum Gasteiger partial charge on any atom is 0.340 e. The molecule has 262 valence electrons. The minimum Gasteiger partial charge on any atom is -0.461 e. The predicted octanol–water partition coefficient (Wildman–Crippen LogP) is 1.79. The summed E-state index contributed by atoms with van der Waals surface area (Å²) >= 11 is 0. The van der Waals surface area contributed by atoms with Crippen LogP contribution in [0.25, 0.3) is 0 Å². The molecule has 7 aliphatic rings. The first-order valence-electron chi connectivity index (χ1n) is 17.5. The summed E-state index contributed by atoms with van der Waals surface area (Å²) in [5, 5.41) is 26.5. The van der Waals surface area contributed by atoms with Crippen molar-refractivity contribution in [2.45, 2.75) is 87.1 Å². The zero-order chi connectivity index (χ0) is 34.0. The number of fused-ring (bicyclic) bond motifs is 2. The normalized spacial score (nSPS) is 47.1. The minimum atomic E-state index is -1.69. The third kappa shape index (κ3) is 3.67. The van der Waals surface area contributed by atoms with E-state index in [2.05, 4.69) is 11.8 Å². The van der Waals surface area contributed by atoms with Gasteiger partial charge < -0.3 is 33.9 Å². The lowest BCUT2D eigenvalue weighted by atomic mass is 9.42. The number of anilines is 1. The Kier molecular flexibility index (Phi) is 7.52. The molecule has 1 spiro atoms. The van der Waals surface area contributed by atoms with Gasteiger partial charge in [0.25, 0.3) is 0 Å². The van der Waals surface area contributed by atoms with E-state index in [0.717, 1.165) is 11.3 Å². The molecule has 0 radical (unpaired) electrons. The Bertz CT molecular complexity index is 1510. The number of rotatable bonds is 9. The molecule has 5 saturated carbocycles. The van der Waals surface area contributed by atoms with E-state index in [-0.39, 0.29) is 90.9 Å². The van der Waals surface area contributed by atoms with Crippen molar-refractivity contribution in [3.8, 4) is 0 Å². The fourth-order valence-electron chi connectivity index (χ4n) is 13.0. The van der Waals surface area contributed by atoms with Gasteiger partial charge >= 0.3 is 5.97 Å². The summed E-state index contributed by atoms with van der Waals surface area (Å²) in [6.45, 7) is 3.24. The zero-order valence-electron chi connectivity index (χ0n) is 28.4. The summed E-state index contributed by atoms with van der Waals surface area (Å²) in [6.07, 6.45) is 0.951. The van der Waals surface area contributed by atoms with E-state index >= 15 is 0 Å². The van der Waals surface area contributed by atoms with E-state index < -0.39 is 40.1 Å². The van der Waals surface area contributed by atoms with Gasteiger partial charge in [0.1, 0.15) is 11.2 Å². The number of hydrogen-bond donors (Lipinski definition) is 2. The van der Waals surface area contributed by atoms with Crippen LogP contribution in [0.1, 0.15) is 55.8 Å². The molecule has 13 atom stereocenters. The van der Waals surface area contributed by atoms with Gasteiger partial charge in [0.05, 0.1) is 48.3 Å². The zero-order valence-corrected chi connectivity index (χ0v) is 28.4. The summed E-state index contributed by atoms with van der Waals surface area (Å²) in [6, 6.07) is 6.11.